The zero-order valence-electron chi connectivity index (χ0n) is 30.4. The summed E-state index contributed by atoms with van der Waals surface area (Å²) in [5.41, 5.74) is 0. The van der Waals surface area contributed by atoms with Gasteiger partial charge in [-0.15, -0.1) is 11.8 Å². The molecule has 12 heteroatoms. The van der Waals surface area contributed by atoms with Crippen LogP contribution in [0.3, 0.4) is 0 Å². The third-order valence-electron chi connectivity index (χ3n) is 10.4. The number of carboxylic acid groups (broad SMARTS) is 1. The van der Waals surface area contributed by atoms with Crippen LogP contribution < -0.4 is 0 Å². The van der Waals surface area contributed by atoms with Gasteiger partial charge in [0.1, 0.15) is 5.78 Å². The van der Waals surface area contributed by atoms with Gasteiger partial charge in [0.25, 0.3) is 0 Å². The summed E-state index contributed by atoms with van der Waals surface area (Å²) in [5.74, 6) is -3.71. The number of carbonyl (C=O) groups excluding carboxylic acids is 2. The first-order chi connectivity index (χ1) is 23.4. The highest BCUT2D eigenvalue weighted by atomic mass is 19.3. The van der Waals surface area contributed by atoms with E-state index in [-0.39, 0.29) is 31.1 Å². The number of methoxy groups -OCH3 is 1. The molecule has 0 amide bonds. The summed E-state index contributed by atoms with van der Waals surface area (Å²) in [6, 6.07) is 0. The fraction of sp³-hybridized carbons (Fsp3) is 0.816. The molecule has 0 heterocycles. The number of aliphatic hydroxyl groups is 3. The van der Waals surface area contributed by atoms with Crippen molar-refractivity contribution in [2.24, 2.45) is 41.4 Å². The van der Waals surface area contributed by atoms with Crippen molar-refractivity contribution in [3.63, 3.8) is 0 Å². The van der Waals surface area contributed by atoms with Gasteiger partial charge < -0.3 is 25.2 Å². The molecule has 0 aliphatic heterocycles. The van der Waals surface area contributed by atoms with Crippen LogP contribution in [0.4, 0.5) is 17.6 Å². The van der Waals surface area contributed by atoms with E-state index >= 15 is 0 Å². The maximum atomic E-state index is 13.3. The highest BCUT2D eigenvalue weighted by Crippen LogP contribution is 2.43. The van der Waals surface area contributed by atoms with E-state index in [1.807, 2.05) is 13.8 Å². The van der Waals surface area contributed by atoms with Crippen LogP contribution in [0.5, 0.6) is 0 Å². The molecule has 0 aromatic heterocycles. The fourth-order valence-corrected chi connectivity index (χ4v) is 7.25. The van der Waals surface area contributed by atoms with E-state index in [4.69, 9.17) is 5.11 Å². The smallest absolute Gasteiger partial charge is 0.376 e. The SMILES string of the molecule is CCC#CC[C@H](C)[C@H](O)/C=C/[C@H]1[C@H](O)CC(=O)[C@@H]1CCCCCC(F)(F)C(=O)O.COC(=O)C(F)(F)CCCCC[C@@H]1[C@@H](CO)[C@H](C)C[C@@H]1C. The van der Waals surface area contributed by atoms with E-state index in [0.717, 1.165) is 32.8 Å². The third-order valence-corrected chi connectivity index (χ3v) is 10.4. The number of hydrogen-bond donors (Lipinski definition) is 4. The quantitative estimate of drug-likeness (QED) is 0.0360. The Labute approximate surface area is 295 Å². The number of hydrogen-bond acceptors (Lipinski definition) is 7. The molecule has 0 radical (unpaired) electrons. The van der Waals surface area contributed by atoms with Crippen molar-refractivity contribution in [2.75, 3.05) is 13.7 Å². The van der Waals surface area contributed by atoms with Crippen LogP contribution >= 0.6 is 0 Å². The summed E-state index contributed by atoms with van der Waals surface area (Å²) in [6.07, 6.45) is 7.28. The molecule has 9 atom stereocenters. The predicted octanol–water partition coefficient (Wildman–Crippen LogP) is 7.23. The van der Waals surface area contributed by atoms with Gasteiger partial charge in [-0.2, -0.15) is 17.6 Å². The minimum Gasteiger partial charge on any atom is -0.477 e. The first-order valence-corrected chi connectivity index (χ1v) is 18.1. The summed E-state index contributed by atoms with van der Waals surface area (Å²) in [6.45, 7) is 8.43. The summed E-state index contributed by atoms with van der Waals surface area (Å²) >= 11 is 0. The molecular weight excluding hydrogens is 660 g/mol. The molecule has 0 aromatic carbocycles. The number of esters is 1. The molecule has 2 saturated carbocycles. The van der Waals surface area contributed by atoms with Gasteiger partial charge in [0.15, 0.2) is 0 Å². The normalized spacial score (nSPS) is 26.6. The molecule has 0 bridgehead atoms. The van der Waals surface area contributed by atoms with E-state index < -0.39 is 60.7 Å². The monoisotopic (exact) mass is 720 g/mol. The fourth-order valence-electron chi connectivity index (χ4n) is 7.25. The number of aliphatic carboxylic acids is 1. The van der Waals surface area contributed by atoms with Crippen molar-refractivity contribution < 1.29 is 57.1 Å². The Kier molecular flexibility index (Phi) is 20.4. The van der Waals surface area contributed by atoms with Gasteiger partial charge in [-0.1, -0.05) is 65.5 Å². The Bertz CT molecular complexity index is 1130. The number of Topliss-reactive ketones (excluding diaryl/α,β-unsaturated/α-hetero) is 1. The number of halogens is 4. The van der Waals surface area contributed by atoms with Crippen molar-refractivity contribution in [3.8, 4) is 11.8 Å². The maximum absolute atomic E-state index is 13.3. The molecule has 2 aliphatic rings. The molecule has 8 nitrogen and oxygen atoms in total. The van der Waals surface area contributed by atoms with Crippen molar-refractivity contribution >= 4 is 17.7 Å². The molecule has 0 unspecified atom stereocenters. The second kappa shape index (κ2) is 22.4. The Morgan fingerprint density at radius 3 is 2.10 bits per heavy atom. The number of ketones is 1. The van der Waals surface area contributed by atoms with E-state index in [1.54, 1.807) is 12.2 Å². The molecule has 0 spiro atoms. The number of carboxylic acids is 1. The van der Waals surface area contributed by atoms with Gasteiger partial charge in [-0.25, -0.2) is 9.59 Å². The number of unbranched alkanes of at least 4 members (excludes halogenated alkanes) is 4. The largest absolute Gasteiger partial charge is 0.477 e. The Hall–Kier alpha value is -2.49. The summed E-state index contributed by atoms with van der Waals surface area (Å²) in [7, 11) is 0.980. The first-order valence-electron chi connectivity index (χ1n) is 18.1. The van der Waals surface area contributed by atoms with Gasteiger partial charge in [-0.05, 0) is 61.7 Å². The van der Waals surface area contributed by atoms with Crippen LogP contribution in [-0.4, -0.2) is 75.9 Å². The van der Waals surface area contributed by atoms with E-state index in [1.165, 1.54) is 0 Å². The zero-order chi connectivity index (χ0) is 38.1. The Balaban J connectivity index is 0.000000526. The molecule has 50 heavy (non-hydrogen) atoms. The average Bonchev–Trinajstić information content (AvgIpc) is 3.49. The van der Waals surface area contributed by atoms with Crippen LogP contribution in [0.25, 0.3) is 0 Å². The van der Waals surface area contributed by atoms with E-state index in [2.05, 4.69) is 30.4 Å². The van der Waals surface area contributed by atoms with Gasteiger partial charge in [0.05, 0.1) is 19.3 Å². The molecule has 0 aromatic rings. The molecule has 2 aliphatic carbocycles. The highest BCUT2D eigenvalue weighted by molar-refractivity contribution is 5.84. The van der Waals surface area contributed by atoms with Crippen molar-refractivity contribution in [3.05, 3.63) is 12.2 Å². The van der Waals surface area contributed by atoms with E-state index in [9.17, 15) is 47.3 Å². The van der Waals surface area contributed by atoms with Crippen LogP contribution in [0.1, 0.15) is 118 Å². The Morgan fingerprint density at radius 1 is 0.960 bits per heavy atom. The number of rotatable bonds is 19. The highest BCUT2D eigenvalue weighted by Gasteiger charge is 2.41. The Morgan fingerprint density at radius 2 is 1.54 bits per heavy atom. The van der Waals surface area contributed by atoms with Gasteiger partial charge in [0, 0.05) is 50.5 Å². The molecule has 288 valence electrons. The standard InChI is InChI=1S/C22H32F2O5.C16H28F2O3/c1-3-4-6-9-15(2)18(25)12-11-17-16(19(26)14-20(17)27)10-7-5-8-13-22(23,24)21(28)29;1-11-9-12(2)14(10-19)13(11)7-5-4-6-8-16(17,18)15(20)21-3/h11-12,15-18,20,25,27H,3,5,7-10,13-14H2,1-2H3,(H,28,29);11-14,19H,4-10H2,1-3H3/b12-11+;/t15-,16+,17+,18+,20+;11-,12+,13-,14-/m00/s1. The van der Waals surface area contributed by atoms with Gasteiger partial charge in [0.2, 0.25) is 0 Å². The summed E-state index contributed by atoms with van der Waals surface area (Å²) in [5, 5.41) is 38.3. The van der Waals surface area contributed by atoms with Crippen LogP contribution in [-0.2, 0) is 19.1 Å². The van der Waals surface area contributed by atoms with Gasteiger partial charge in [-0.3, -0.25) is 4.79 Å². The zero-order valence-corrected chi connectivity index (χ0v) is 30.4. The van der Waals surface area contributed by atoms with Crippen molar-refractivity contribution in [1.82, 2.24) is 0 Å². The lowest BCUT2D eigenvalue weighted by molar-refractivity contribution is -0.169. The minimum absolute atomic E-state index is 0.0460. The maximum Gasteiger partial charge on any atom is 0.376 e. The molecule has 4 N–H and O–H groups in total. The number of carbonyl (C=O) groups is 3. The third kappa shape index (κ3) is 15.0. The molecule has 0 saturated heterocycles. The predicted molar refractivity (Wildman–Crippen MR) is 182 cm³/mol. The van der Waals surface area contributed by atoms with Crippen LogP contribution in [0.2, 0.25) is 0 Å². The van der Waals surface area contributed by atoms with Crippen LogP contribution in [0, 0.1) is 53.3 Å². The number of aliphatic hydroxyl groups excluding tert-OH is 3. The lowest BCUT2D eigenvalue weighted by Crippen LogP contribution is -2.29. The average molecular weight is 721 g/mol. The van der Waals surface area contributed by atoms with Crippen molar-refractivity contribution in [1.29, 1.82) is 0 Å². The molecule has 2 rings (SSSR count). The minimum atomic E-state index is -3.72. The second-order valence-electron chi connectivity index (χ2n) is 14.3. The van der Waals surface area contributed by atoms with Gasteiger partial charge >= 0.3 is 23.8 Å². The summed E-state index contributed by atoms with van der Waals surface area (Å²) < 4.78 is 56.7. The first kappa shape index (κ1) is 45.5. The van der Waals surface area contributed by atoms with Crippen molar-refractivity contribution in [2.45, 2.75) is 142 Å². The molecular formula is C38H60F4O8. The lowest BCUT2D eigenvalue weighted by Gasteiger charge is -2.23. The number of ether oxygens (including phenoxy) is 1. The summed E-state index contributed by atoms with van der Waals surface area (Å²) in [4.78, 5) is 33.5. The topological polar surface area (TPSA) is 141 Å². The van der Waals surface area contributed by atoms with Crippen LogP contribution in [0.15, 0.2) is 12.2 Å². The van der Waals surface area contributed by atoms with E-state index in [0.29, 0.717) is 62.2 Å². The lowest BCUT2D eigenvalue weighted by atomic mass is 9.84. The molecule has 2 fully saturated rings. The number of alkyl halides is 4. The second-order valence-corrected chi connectivity index (χ2v) is 14.3.